The predicted molar refractivity (Wildman–Crippen MR) is 110 cm³/mol. The minimum Gasteiger partial charge on any atom is -0.365 e. The molecule has 4 nitrogen and oxygen atoms in total. The van der Waals surface area contributed by atoms with Crippen LogP contribution in [0.5, 0.6) is 0 Å². The molecule has 1 unspecified atom stereocenters. The Hall–Kier alpha value is -1.43. The molecule has 0 aliphatic carbocycles. The summed E-state index contributed by atoms with van der Waals surface area (Å²) in [7, 11) is 4.24. The molecule has 1 atom stereocenters. The van der Waals surface area contributed by atoms with Crippen molar-refractivity contribution in [1.29, 1.82) is 0 Å². The molecule has 2 aliphatic heterocycles. The number of thiazole rings is 1. The Morgan fingerprint density at radius 1 is 1.23 bits per heavy atom. The van der Waals surface area contributed by atoms with Crippen LogP contribution in [0.25, 0.3) is 0 Å². The second kappa shape index (κ2) is 7.67. The van der Waals surface area contributed by atoms with Crippen molar-refractivity contribution in [3.63, 3.8) is 0 Å². The van der Waals surface area contributed by atoms with Crippen LogP contribution < -0.4 is 5.32 Å². The Bertz CT molecular complexity index is 706. The first-order chi connectivity index (χ1) is 12.7. The van der Waals surface area contributed by atoms with E-state index in [0.717, 1.165) is 11.7 Å². The lowest BCUT2D eigenvalue weighted by Crippen LogP contribution is -2.50. The van der Waals surface area contributed by atoms with E-state index in [4.69, 9.17) is 0 Å². The Balaban J connectivity index is 1.39. The van der Waals surface area contributed by atoms with Gasteiger partial charge in [-0.2, -0.15) is 0 Å². The maximum atomic E-state index is 4.65. The van der Waals surface area contributed by atoms with Gasteiger partial charge in [-0.3, -0.25) is 4.90 Å². The summed E-state index contributed by atoms with van der Waals surface area (Å²) in [5.74, 6) is 0.679. The van der Waals surface area contributed by atoms with Gasteiger partial charge in [0.05, 0.1) is 5.69 Å². The van der Waals surface area contributed by atoms with Crippen molar-refractivity contribution >= 4 is 16.5 Å². The normalized spacial score (nSPS) is 24.0. The number of rotatable bonds is 4. The first-order valence-corrected chi connectivity index (χ1v) is 10.6. The molecule has 2 fully saturated rings. The summed E-state index contributed by atoms with van der Waals surface area (Å²) >= 11 is 1.70. The summed E-state index contributed by atoms with van der Waals surface area (Å²) < 4.78 is 0. The van der Waals surface area contributed by atoms with Crippen LogP contribution in [-0.4, -0.2) is 55.1 Å². The second-order valence-electron chi connectivity index (χ2n) is 8.18. The molecule has 2 aliphatic rings. The third kappa shape index (κ3) is 3.95. The Labute approximate surface area is 161 Å². The number of hydrogen-bond donors (Lipinski definition) is 1. The zero-order chi connectivity index (χ0) is 18.0. The number of benzene rings is 1. The van der Waals surface area contributed by atoms with Crippen LogP contribution in [0.4, 0.5) is 5.13 Å². The van der Waals surface area contributed by atoms with Crippen molar-refractivity contribution in [1.82, 2.24) is 14.8 Å². The van der Waals surface area contributed by atoms with Gasteiger partial charge in [0, 0.05) is 32.1 Å². The summed E-state index contributed by atoms with van der Waals surface area (Å²) in [5.41, 5.74) is 3.21. The Morgan fingerprint density at radius 3 is 2.69 bits per heavy atom. The monoisotopic (exact) mass is 370 g/mol. The lowest BCUT2D eigenvalue weighted by atomic mass is 9.68. The van der Waals surface area contributed by atoms with Crippen molar-refractivity contribution in [3.05, 3.63) is 47.0 Å². The van der Waals surface area contributed by atoms with Gasteiger partial charge in [-0.15, -0.1) is 11.3 Å². The van der Waals surface area contributed by atoms with Crippen LogP contribution >= 0.6 is 11.3 Å². The number of piperidine rings is 2. The van der Waals surface area contributed by atoms with Gasteiger partial charge in [0.15, 0.2) is 5.13 Å². The quantitative estimate of drug-likeness (QED) is 0.885. The van der Waals surface area contributed by atoms with Gasteiger partial charge in [0.2, 0.25) is 0 Å². The summed E-state index contributed by atoms with van der Waals surface area (Å²) in [6.07, 6.45) is 3.96. The molecular formula is C21H30N4S. The average Bonchev–Trinajstić information content (AvgIpc) is 3.12. The molecule has 1 N–H and O–H groups in total. The lowest BCUT2D eigenvalue weighted by Gasteiger charge is -2.49. The summed E-state index contributed by atoms with van der Waals surface area (Å²) in [6.45, 7) is 5.83. The minimum atomic E-state index is 0.488. The average molecular weight is 371 g/mol. The highest BCUT2D eigenvalue weighted by Gasteiger charge is 2.41. The molecule has 4 rings (SSSR count). The van der Waals surface area contributed by atoms with Crippen LogP contribution in [0.1, 0.15) is 36.4 Å². The van der Waals surface area contributed by atoms with E-state index >= 15 is 0 Å². The molecule has 0 amide bonds. The molecule has 26 heavy (non-hydrogen) atoms. The van der Waals surface area contributed by atoms with Crippen molar-refractivity contribution in [3.8, 4) is 0 Å². The van der Waals surface area contributed by atoms with E-state index in [1.807, 2.05) is 7.05 Å². The molecule has 2 aromatic rings. The van der Waals surface area contributed by atoms with Gasteiger partial charge in [-0.1, -0.05) is 30.3 Å². The molecule has 1 aromatic heterocycles. The molecule has 140 valence electrons. The smallest absolute Gasteiger partial charge is 0.182 e. The number of hydrogen-bond acceptors (Lipinski definition) is 5. The van der Waals surface area contributed by atoms with Crippen LogP contribution in [0.15, 0.2) is 35.7 Å². The van der Waals surface area contributed by atoms with Crippen molar-refractivity contribution in [2.24, 2.45) is 5.41 Å². The maximum absolute atomic E-state index is 4.65. The highest BCUT2D eigenvalue weighted by atomic mass is 32.1. The Kier molecular flexibility index (Phi) is 5.30. The van der Waals surface area contributed by atoms with E-state index in [2.05, 4.69) is 62.9 Å². The van der Waals surface area contributed by atoms with Gasteiger partial charge < -0.3 is 10.2 Å². The van der Waals surface area contributed by atoms with Crippen molar-refractivity contribution in [2.75, 3.05) is 45.6 Å². The standard InChI is InChI=1S/C21H30N4S/c1-22-20-23-19(15-26-20)14-25-10-8-21(9-11-25)12-18(13-24(2)16-21)17-6-4-3-5-7-17/h3-7,15,18H,8-14,16H2,1-2H3,(H,22,23). The van der Waals surface area contributed by atoms with Gasteiger partial charge >= 0.3 is 0 Å². The van der Waals surface area contributed by atoms with E-state index in [-0.39, 0.29) is 0 Å². The first kappa shape index (κ1) is 18.0. The largest absolute Gasteiger partial charge is 0.365 e. The predicted octanol–water partition coefficient (Wildman–Crippen LogP) is 3.89. The second-order valence-corrected chi connectivity index (χ2v) is 9.04. The third-order valence-electron chi connectivity index (χ3n) is 6.16. The van der Waals surface area contributed by atoms with Crippen molar-refractivity contribution < 1.29 is 0 Å². The van der Waals surface area contributed by atoms with Crippen LogP contribution in [0.2, 0.25) is 0 Å². The zero-order valence-corrected chi connectivity index (χ0v) is 16.8. The van der Waals surface area contributed by atoms with Gasteiger partial charge in [-0.05, 0) is 56.3 Å². The Morgan fingerprint density at radius 2 is 2.00 bits per heavy atom. The van der Waals surface area contributed by atoms with Gasteiger partial charge in [-0.25, -0.2) is 4.98 Å². The SMILES string of the molecule is CNc1nc(CN2CCC3(CC2)CC(c2ccccc2)CN(C)C3)cs1. The van der Waals surface area contributed by atoms with Crippen LogP contribution in [0.3, 0.4) is 0 Å². The van der Waals surface area contributed by atoms with E-state index < -0.39 is 0 Å². The third-order valence-corrected chi connectivity index (χ3v) is 7.06. The summed E-state index contributed by atoms with van der Waals surface area (Å²) in [4.78, 5) is 9.80. The lowest BCUT2D eigenvalue weighted by molar-refractivity contribution is 0.0216. The molecule has 0 bridgehead atoms. The molecule has 0 saturated carbocycles. The first-order valence-electron chi connectivity index (χ1n) is 9.74. The molecule has 1 spiro atoms. The number of likely N-dealkylation sites (tertiary alicyclic amines) is 2. The van der Waals surface area contributed by atoms with Crippen molar-refractivity contribution in [2.45, 2.75) is 31.7 Å². The fourth-order valence-electron chi connectivity index (χ4n) is 4.88. The highest BCUT2D eigenvalue weighted by Crippen LogP contribution is 2.44. The highest BCUT2D eigenvalue weighted by molar-refractivity contribution is 7.13. The zero-order valence-electron chi connectivity index (χ0n) is 15.9. The fourth-order valence-corrected chi connectivity index (χ4v) is 5.55. The van der Waals surface area contributed by atoms with E-state index in [1.54, 1.807) is 11.3 Å². The maximum Gasteiger partial charge on any atom is 0.182 e. The summed E-state index contributed by atoms with van der Waals surface area (Å²) in [6, 6.07) is 11.1. The number of aromatic nitrogens is 1. The van der Waals surface area contributed by atoms with Gasteiger partial charge in [0.25, 0.3) is 0 Å². The molecule has 0 radical (unpaired) electrons. The fraction of sp³-hybridized carbons (Fsp3) is 0.571. The molecule has 2 saturated heterocycles. The van der Waals surface area contributed by atoms with E-state index in [9.17, 15) is 0 Å². The molecule has 3 heterocycles. The summed E-state index contributed by atoms with van der Waals surface area (Å²) in [5, 5.41) is 6.35. The number of anilines is 1. The minimum absolute atomic E-state index is 0.488. The van der Waals surface area contributed by atoms with Crippen LogP contribution in [-0.2, 0) is 6.54 Å². The number of nitrogens with zero attached hydrogens (tertiary/aromatic N) is 3. The molecular weight excluding hydrogens is 340 g/mol. The van der Waals surface area contributed by atoms with Crippen LogP contribution in [0, 0.1) is 5.41 Å². The molecule has 1 aromatic carbocycles. The van der Waals surface area contributed by atoms with E-state index in [1.165, 1.54) is 56.7 Å². The van der Waals surface area contributed by atoms with Gasteiger partial charge in [0.1, 0.15) is 0 Å². The topological polar surface area (TPSA) is 31.4 Å². The number of likely N-dealkylation sites (N-methyl/N-ethyl adjacent to an activating group) is 1. The number of nitrogens with one attached hydrogen (secondary N) is 1. The van der Waals surface area contributed by atoms with E-state index in [0.29, 0.717) is 11.3 Å². The molecule has 5 heteroatoms.